The zero-order valence-electron chi connectivity index (χ0n) is 14.2. The second-order valence-corrected chi connectivity index (χ2v) is 5.44. The fourth-order valence-corrected chi connectivity index (χ4v) is 2.47. The fraction of sp³-hybridized carbons (Fsp3) is 0.263. The first kappa shape index (κ1) is 17.0. The molecule has 3 rings (SSSR count). The van der Waals surface area contributed by atoms with Crippen LogP contribution in [0.1, 0.15) is 12.5 Å². The minimum Gasteiger partial charge on any atom is -0.494 e. The van der Waals surface area contributed by atoms with Gasteiger partial charge in [0, 0.05) is 36.6 Å². The molecule has 0 radical (unpaired) electrons. The minimum atomic E-state index is 0.591. The van der Waals surface area contributed by atoms with Crippen molar-refractivity contribution in [3.63, 3.8) is 0 Å². The number of hydrogen-bond acceptors (Lipinski definition) is 5. The predicted octanol–water partition coefficient (Wildman–Crippen LogP) is 3.04. The highest BCUT2D eigenvalue weighted by Gasteiger charge is 2.07. The molecule has 2 aromatic heterocycles. The second kappa shape index (κ2) is 8.84. The average Bonchev–Trinajstić information content (AvgIpc) is 3.12. The molecule has 0 aliphatic heterocycles. The highest BCUT2D eigenvalue weighted by molar-refractivity contribution is 5.61. The Bertz CT molecular complexity index is 757. The molecule has 6 heteroatoms. The summed E-state index contributed by atoms with van der Waals surface area (Å²) in [4.78, 5) is 4.15. The molecule has 130 valence electrons. The smallest absolute Gasteiger partial charge is 0.119 e. The summed E-state index contributed by atoms with van der Waals surface area (Å²) < 4.78 is 11.1. The fourth-order valence-electron chi connectivity index (χ4n) is 2.47. The van der Waals surface area contributed by atoms with Gasteiger partial charge in [0.1, 0.15) is 18.1 Å². The molecule has 0 atom stereocenters. The maximum absolute atomic E-state index is 5.72. The largest absolute Gasteiger partial charge is 0.494 e. The van der Waals surface area contributed by atoms with Crippen LogP contribution in [0.5, 0.6) is 11.5 Å². The Morgan fingerprint density at radius 1 is 1.04 bits per heavy atom. The van der Waals surface area contributed by atoms with E-state index in [4.69, 9.17) is 9.47 Å². The summed E-state index contributed by atoms with van der Waals surface area (Å²) in [6.07, 6.45) is 5.42. The van der Waals surface area contributed by atoms with Gasteiger partial charge in [-0.05, 0) is 43.3 Å². The Hall–Kier alpha value is -2.86. The number of rotatable bonds is 9. The van der Waals surface area contributed by atoms with E-state index in [1.165, 1.54) is 0 Å². The van der Waals surface area contributed by atoms with Crippen molar-refractivity contribution in [2.75, 3.05) is 19.8 Å². The Balaban J connectivity index is 1.43. The molecule has 0 aliphatic carbocycles. The zero-order valence-corrected chi connectivity index (χ0v) is 14.2. The first-order chi connectivity index (χ1) is 12.4. The van der Waals surface area contributed by atoms with Crippen molar-refractivity contribution < 1.29 is 9.47 Å². The van der Waals surface area contributed by atoms with E-state index in [1.807, 2.05) is 55.7 Å². The maximum atomic E-state index is 5.72. The Morgan fingerprint density at radius 3 is 2.56 bits per heavy atom. The molecule has 0 saturated heterocycles. The van der Waals surface area contributed by atoms with Crippen molar-refractivity contribution in [3.8, 4) is 22.8 Å². The standard InChI is InChI=1S/C19H22N4O2/c1-2-24-17-5-7-18(8-6-17)25-11-10-21-13-16-14-22-23-19(16)15-4-3-9-20-12-15/h3-9,12,14,21H,2,10-11,13H2,1H3,(H,22,23). The van der Waals surface area contributed by atoms with Gasteiger partial charge in [0.25, 0.3) is 0 Å². The lowest BCUT2D eigenvalue weighted by molar-refractivity contribution is 0.311. The molecular formula is C19H22N4O2. The molecule has 2 heterocycles. The quantitative estimate of drug-likeness (QED) is 0.587. The van der Waals surface area contributed by atoms with Crippen molar-refractivity contribution in [3.05, 3.63) is 60.6 Å². The predicted molar refractivity (Wildman–Crippen MR) is 96.6 cm³/mol. The summed E-state index contributed by atoms with van der Waals surface area (Å²) >= 11 is 0. The van der Waals surface area contributed by atoms with Gasteiger partial charge in [0.15, 0.2) is 0 Å². The number of aromatic nitrogens is 3. The van der Waals surface area contributed by atoms with Crippen LogP contribution in [0.2, 0.25) is 0 Å². The lowest BCUT2D eigenvalue weighted by atomic mass is 10.1. The van der Waals surface area contributed by atoms with Crippen molar-refractivity contribution in [1.82, 2.24) is 20.5 Å². The van der Waals surface area contributed by atoms with Gasteiger partial charge >= 0.3 is 0 Å². The van der Waals surface area contributed by atoms with Gasteiger partial charge in [-0.2, -0.15) is 5.10 Å². The summed E-state index contributed by atoms with van der Waals surface area (Å²) in [5.74, 6) is 1.69. The van der Waals surface area contributed by atoms with Gasteiger partial charge in [0.2, 0.25) is 0 Å². The van der Waals surface area contributed by atoms with Crippen LogP contribution in [-0.4, -0.2) is 34.9 Å². The molecule has 3 aromatic rings. The van der Waals surface area contributed by atoms with E-state index in [1.54, 1.807) is 6.20 Å². The van der Waals surface area contributed by atoms with Crippen molar-refractivity contribution in [2.45, 2.75) is 13.5 Å². The topological polar surface area (TPSA) is 72.1 Å². The first-order valence-corrected chi connectivity index (χ1v) is 8.36. The third-order valence-electron chi connectivity index (χ3n) is 3.67. The first-order valence-electron chi connectivity index (χ1n) is 8.36. The van der Waals surface area contributed by atoms with Gasteiger partial charge in [-0.25, -0.2) is 0 Å². The Kier molecular flexibility index (Phi) is 6.01. The van der Waals surface area contributed by atoms with Crippen LogP contribution < -0.4 is 14.8 Å². The normalized spacial score (nSPS) is 10.6. The molecule has 6 nitrogen and oxygen atoms in total. The van der Waals surface area contributed by atoms with Crippen LogP contribution in [0.25, 0.3) is 11.3 Å². The minimum absolute atomic E-state index is 0.591. The number of benzene rings is 1. The molecule has 2 N–H and O–H groups in total. The number of H-pyrrole nitrogens is 1. The van der Waals surface area contributed by atoms with E-state index in [2.05, 4.69) is 20.5 Å². The van der Waals surface area contributed by atoms with Crippen molar-refractivity contribution in [1.29, 1.82) is 0 Å². The second-order valence-electron chi connectivity index (χ2n) is 5.44. The van der Waals surface area contributed by atoms with E-state index in [0.717, 1.165) is 34.9 Å². The molecule has 0 spiro atoms. The summed E-state index contributed by atoms with van der Waals surface area (Å²) in [5.41, 5.74) is 3.13. The summed E-state index contributed by atoms with van der Waals surface area (Å²) in [6.45, 7) is 4.68. The van der Waals surface area contributed by atoms with Crippen LogP contribution in [0.4, 0.5) is 0 Å². The highest BCUT2D eigenvalue weighted by Crippen LogP contribution is 2.19. The van der Waals surface area contributed by atoms with Gasteiger partial charge in [-0.3, -0.25) is 10.1 Å². The van der Waals surface area contributed by atoms with E-state index in [9.17, 15) is 0 Å². The molecule has 25 heavy (non-hydrogen) atoms. The van der Waals surface area contributed by atoms with E-state index in [-0.39, 0.29) is 0 Å². The number of hydrogen-bond donors (Lipinski definition) is 2. The van der Waals surface area contributed by atoms with Crippen molar-refractivity contribution >= 4 is 0 Å². The third kappa shape index (κ3) is 4.81. The lowest BCUT2D eigenvalue weighted by Crippen LogP contribution is -2.20. The summed E-state index contributed by atoms with van der Waals surface area (Å²) in [5, 5.41) is 10.5. The zero-order chi connectivity index (χ0) is 17.3. The number of nitrogens with one attached hydrogen (secondary N) is 2. The molecule has 0 amide bonds. The van der Waals surface area contributed by atoms with Gasteiger partial charge in [0.05, 0.1) is 18.5 Å². The molecule has 0 fully saturated rings. The van der Waals surface area contributed by atoms with Crippen molar-refractivity contribution in [2.24, 2.45) is 0 Å². The van der Waals surface area contributed by atoms with Gasteiger partial charge in [-0.15, -0.1) is 0 Å². The average molecular weight is 338 g/mol. The van der Waals surface area contributed by atoms with Crippen LogP contribution >= 0.6 is 0 Å². The molecule has 0 bridgehead atoms. The lowest BCUT2D eigenvalue weighted by Gasteiger charge is -2.09. The highest BCUT2D eigenvalue weighted by atomic mass is 16.5. The third-order valence-corrected chi connectivity index (χ3v) is 3.67. The van der Waals surface area contributed by atoms with Gasteiger partial charge < -0.3 is 14.8 Å². The molecule has 1 aromatic carbocycles. The molecule has 0 unspecified atom stereocenters. The summed E-state index contributed by atoms with van der Waals surface area (Å²) in [7, 11) is 0. The monoisotopic (exact) mass is 338 g/mol. The van der Waals surface area contributed by atoms with Crippen LogP contribution in [0.3, 0.4) is 0 Å². The molecular weight excluding hydrogens is 316 g/mol. The number of aromatic amines is 1. The molecule has 0 saturated carbocycles. The van der Waals surface area contributed by atoms with E-state index >= 15 is 0 Å². The number of ether oxygens (including phenoxy) is 2. The van der Waals surface area contributed by atoms with E-state index < -0.39 is 0 Å². The maximum Gasteiger partial charge on any atom is 0.119 e. The van der Waals surface area contributed by atoms with Crippen LogP contribution in [0, 0.1) is 0 Å². The Morgan fingerprint density at radius 2 is 1.84 bits per heavy atom. The van der Waals surface area contributed by atoms with Crippen LogP contribution in [0.15, 0.2) is 55.0 Å². The Labute approximate surface area is 147 Å². The van der Waals surface area contributed by atoms with Crippen LogP contribution in [-0.2, 0) is 6.54 Å². The summed E-state index contributed by atoms with van der Waals surface area (Å²) in [6, 6.07) is 11.6. The SMILES string of the molecule is CCOc1ccc(OCCNCc2cn[nH]c2-c2cccnc2)cc1. The van der Waals surface area contributed by atoms with E-state index in [0.29, 0.717) is 19.8 Å². The van der Waals surface area contributed by atoms with Gasteiger partial charge in [-0.1, -0.05) is 0 Å². The number of nitrogens with zero attached hydrogens (tertiary/aromatic N) is 2. The molecule has 0 aliphatic rings. The number of pyridine rings is 1.